The number of carbonyl (C=O) groups excluding carboxylic acids is 1. The van der Waals surface area contributed by atoms with Crippen molar-refractivity contribution in [3.05, 3.63) is 36.3 Å². The zero-order valence-electron chi connectivity index (χ0n) is 16.5. The van der Waals surface area contributed by atoms with E-state index in [-0.39, 0.29) is 30.1 Å². The lowest BCUT2D eigenvalue weighted by molar-refractivity contribution is 0.0914. The zero-order valence-corrected chi connectivity index (χ0v) is 18.8. The second-order valence-electron chi connectivity index (χ2n) is 6.36. The van der Waals surface area contributed by atoms with E-state index in [4.69, 9.17) is 9.73 Å². The Morgan fingerprint density at radius 2 is 1.96 bits per heavy atom. The molecule has 1 amide bonds. The molecule has 1 aliphatic heterocycles. The quantitative estimate of drug-likeness (QED) is 0.388. The number of aromatic nitrogens is 2. The Morgan fingerprint density at radius 1 is 1.21 bits per heavy atom. The number of amides is 1. The third-order valence-corrected chi connectivity index (χ3v) is 4.48. The molecule has 3 rings (SSSR count). The predicted octanol–water partition coefficient (Wildman–Crippen LogP) is 2.23. The lowest BCUT2D eigenvalue weighted by atomic mass is 10.3. The fourth-order valence-corrected chi connectivity index (χ4v) is 3.13. The maximum absolute atomic E-state index is 11.8. The van der Waals surface area contributed by atoms with E-state index in [0.717, 1.165) is 43.4 Å². The van der Waals surface area contributed by atoms with Gasteiger partial charge >= 0.3 is 6.09 Å². The highest BCUT2D eigenvalue weighted by atomic mass is 127. The standard InChI is InChI=1S/C19H28N6O2.HI/c1-3-20-18(23-11-13-24(14-12-23)19(26)27-4-2)21-9-8-16-15-25-10-6-5-7-17(25)22-16;/h5-7,10,15H,3-4,8-9,11-14H2,1-2H3,(H,20,21);1H. The largest absolute Gasteiger partial charge is 0.450 e. The first-order valence-corrected chi connectivity index (χ1v) is 9.58. The van der Waals surface area contributed by atoms with Gasteiger partial charge in [-0.3, -0.25) is 4.99 Å². The highest BCUT2D eigenvalue weighted by molar-refractivity contribution is 14.0. The molecule has 3 heterocycles. The summed E-state index contributed by atoms with van der Waals surface area (Å²) in [4.78, 5) is 25.2. The number of hydrogen-bond acceptors (Lipinski definition) is 4. The Kier molecular flexibility index (Phi) is 8.81. The third-order valence-electron chi connectivity index (χ3n) is 4.48. The van der Waals surface area contributed by atoms with Crippen LogP contribution in [0.1, 0.15) is 19.5 Å². The second-order valence-corrected chi connectivity index (χ2v) is 6.36. The first-order valence-electron chi connectivity index (χ1n) is 9.58. The molecular formula is C19H29IN6O2. The van der Waals surface area contributed by atoms with E-state index in [1.54, 1.807) is 4.90 Å². The molecule has 28 heavy (non-hydrogen) atoms. The molecular weight excluding hydrogens is 471 g/mol. The van der Waals surface area contributed by atoms with Crippen LogP contribution >= 0.6 is 24.0 Å². The van der Waals surface area contributed by atoms with Crippen molar-refractivity contribution in [3.63, 3.8) is 0 Å². The Bertz CT molecular complexity index is 753. The van der Waals surface area contributed by atoms with Gasteiger partial charge in [-0.2, -0.15) is 0 Å². The number of nitrogens with one attached hydrogen (secondary N) is 1. The molecule has 2 aromatic heterocycles. The second kappa shape index (κ2) is 11.1. The predicted molar refractivity (Wildman–Crippen MR) is 120 cm³/mol. The molecule has 0 atom stereocenters. The minimum atomic E-state index is -0.231. The van der Waals surface area contributed by atoms with E-state index in [2.05, 4.69) is 28.3 Å². The van der Waals surface area contributed by atoms with Crippen LogP contribution in [0.5, 0.6) is 0 Å². The number of fused-ring (bicyclic) bond motifs is 1. The van der Waals surface area contributed by atoms with Gasteiger partial charge in [0.2, 0.25) is 0 Å². The van der Waals surface area contributed by atoms with E-state index in [0.29, 0.717) is 26.2 Å². The van der Waals surface area contributed by atoms with Crippen molar-refractivity contribution < 1.29 is 9.53 Å². The van der Waals surface area contributed by atoms with Crippen molar-refractivity contribution in [2.24, 2.45) is 4.99 Å². The average molecular weight is 500 g/mol. The van der Waals surface area contributed by atoms with Crippen LogP contribution < -0.4 is 5.32 Å². The van der Waals surface area contributed by atoms with Crippen molar-refractivity contribution in [1.29, 1.82) is 0 Å². The summed E-state index contributed by atoms with van der Waals surface area (Å²) in [5.41, 5.74) is 1.99. The van der Waals surface area contributed by atoms with Crippen LogP contribution in [0.15, 0.2) is 35.6 Å². The van der Waals surface area contributed by atoms with Gasteiger partial charge in [-0.05, 0) is 26.0 Å². The first-order chi connectivity index (χ1) is 13.2. The molecule has 1 N–H and O–H groups in total. The lowest BCUT2D eigenvalue weighted by Gasteiger charge is -2.35. The summed E-state index contributed by atoms with van der Waals surface area (Å²) in [5, 5.41) is 3.35. The van der Waals surface area contributed by atoms with Crippen LogP contribution in [-0.2, 0) is 11.2 Å². The molecule has 0 saturated carbocycles. The van der Waals surface area contributed by atoms with Gasteiger partial charge in [0.25, 0.3) is 0 Å². The summed E-state index contributed by atoms with van der Waals surface area (Å²) in [7, 11) is 0. The monoisotopic (exact) mass is 500 g/mol. The van der Waals surface area contributed by atoms with E-state index in [1.165, 1.54) is 0 Å². The Labute approximate surface area is 183 Å². The molecule has 0 unspecified atom stereocenters. The molecule has 0 bridgehead atoms. The van der Waals surface area contributed by atoms with E-state index < -0.39 is 0 Å². The first kappa shape index (κ1) is 22.3. The van der Waals surface area contributed by atoms with Crippen LogP contribution in [0.3, 0.4) is 0 Å². The summed E-state index contributed by atoms with van der Waals surface area (Å²) in [6.45, 7) is 8.57. The van der Waals surface area contributed by atoms with Crippen LogP contribution in [0.4, 0.5) is 4.79 Å². The van der Waals surface area contributed by atoms with Gasteiger partial charge in [0.05, 0.1) is 12.3 Å². The number of piperazine rings is 1. The van der Waals surface area contributed by atoms with Gasteiger partial charge in [-0.25, -0.2) is 9.78 Å². The van der Waals surface area contributed by atoms with Crippen molar-refractivity contribution >= 4 is 41.7 Å². The Hall–Kier alpha value is -2.04. The molecule has 0 aromatic carbocycles. The minimum absolute atomic E-state index is 0. The molecule has 1 saturated heterocycles. The fraction of sp³-hybridized carbons (Fsp3) is 0.526. The van der Waals surface area contributed by atoms with Crippen molar-refractivity contribution in [3.8, 4) is 0 Å². The van der Waals surface area contributed by atoms with Crippen molar-refractivity contribution in [2.75, 3.05) is 45.9 Å². The SMILES string of the molecule is CCNC(=NCCc1cn2ccccc2n1)N1CCN(C(=O)OCC)CC1.I. The summed E-state index contributed by atoms with van der Waals surface area (Å²) in [6.07, 6.45) is 4.61. The number of carbonyl (C=O) groups is 1. The number of guanidine groups is 1. The minimum Gasteiger partial charge on any atom is -0.450 e. The number of rotatable bonds is 5. The molecule has 1 aliphatic rings. The molecule has 1 fully saturated rings. The van der Waals surface area contributed by atoms with Gasteiger partial charge in [0.1, 0.15) is 5.65 Å². The summed E-state index contributed by atoms with van der Waals surface area (Å²) in [6, 6.07) is 5.99. The molecule has 8 nitrogen and oxygen atoms in total. The van der Waals surface area contributed by atoms with Gasteiger partial charge in [0, 0.05) is 58.1 Å². The number of pyridine rings is 1. The van der Waals surface area contributed by atoms with Crippen LogP contribution in [0.2, 0.25) is 0 Å². The molecule has 0 spiro atoms. The normalized spacial score (nSPS) is 14.7. The molecule has 2 aromatic rings. The number of imidazole rings is 1. The maximum atomic E-state index is 11.8. The van der Waals surface area contributed by atoms with E-state index >= 15 is 0 Å². The van der Waals surface area contributed by atoms with Crippen LogP contribution in [0, 0.1) is 0 Å². The Morgan fingerprint density at radius 3 is 2.64 bits per heavy atom. The molecule has 0 aliphatic carbocycles. The molecule has 9 heteroatoms. The fourth-order valence-electron chi connectivity index (χ4n) is 3.13. The number of nitrogens with zero attached hydrogens (tertiary/aromatic N) is 5. The molecule has 0 radical (unpaired) electrons. The Balaban J connectivity index is 0.00000280. The van der Waals surface area contributed by atoms with Gasteiger partial charge in [-0.15, -0.1) is 24.0 Å². The van der Waals surface area contributed by atoms with Crippen LogP contribution in [-0.4, -0.2) is 77.1 Å². The average Bonchev–Trinajstić information content (AvgIpc) is 3.10. The van der Waals surface area contributed by atoms with Crippen molar-refractivity contribution in [1.82, 2.24) is 24.5 Å². The molecule has 154 valence electrons. The smallest absolute Gasteiger partial charge is 0.409 e. The summed E-state index contributed by atoms with van der Waals surface area (Å²) in [5.74, 6) is 0.893. The third kappa shape index (κ3) is 5.73. The van der Waals surface area contributed by atoms with Crippen LogP contribution in [0.25, 0.3) is 5.65 Å². The topological polar surface area (TPSA) is 74.5 Å². The van der Waals surface area contributed by atoms with Crippen molar-refractivity contribution in [2.45, 2.75) is 20.3 Å². The maximum Gasteiger partial charge on any atom is 0.409 e. The van der Waals surface area contributed by atoms with Gasteiger partial charge < -0.3 is 24.3 Å². The van der Waals surface area contributed by atoms with E-state index in [1.807, 2.05) is 35.7 Å². The number of ether oxygens (including phenoxy) is 1. The highest BCUT2D eigenvalue weighted by Gasteiger charge is 2.23. The number of aliphatic imine (C=N–C) groups is 1. The van der Waals surface area contributed by atoms with Gasteiger partial charge in [0.15, 0.2) is 5.96 Å². The lowest BCUT2D eigenvalue weighted by Crippen LogP contribution is -2.54. The number of hydrogen-bond donors (Lipinski definition) is 1. The number of halogens is 1. The zero-order chi connectivity index (χ0) is 19.1. The van der Waals surface area contributed by atoms with E-state index in [9.17, 15) is 4.79 Å². The van der Waals surface area contributed by atoms with Gasteiger partial charge in [-0.1, -0.05) is 6.07 Å². The summed E-state index contributed by atoms with van der Waals surface area (Å²) < 4.78 is 7.10. The highest BCUT2D eigenvalue weighted by Crippen LogP contribution is 2.07. The summed E-state index contributed by atoms with van der Waals surface area (Å²) >= 11 is 0.